The maximum absolute atomic E-state index is 13.0. The lowest BCUT2D eigenvalue weighted by atomic mass is 10.2. The summed E-state index contributed by atoms with van der Waals surface area (Å²) in [5, 5.41) is 3.75. The van der Waals surface area contributed by atoms with Crippen molar-refractivity contribution in [2.45, 2.75) is 5.75 Å². The predicted octanol–water partition coefficient (Wildman–Crippen LogP) is 2.15. The second-order valence-corrected chi connectivity index (χ2v) is 6.14. The fraction of sp³-hybridized carbons (Fsp3) is 0.182. The molecule has 0 aliphatic carbocycles. The lowest BCUT2D eigenvalue weighted by Crippen LogP contribution is -2.14. The summed E-state index contributed by atoms with van der Waals surface area (Å²) in [6.07, 6.45) is 2.93. The van der Waals surface area contributed by atoms with Crippen LogP contribution in [0.4, 0.5) is 10.1 Å². The van der Waals surface area contributed by atoms with Crippen LogP contribution in [0.5, 0.6) is 0 Å². The van der Waals surface area contributed by atoms with Crippen molar-refractivity contribution in [2.24, 2.45) is 7.05 Å². The average molecular weight is 304 g/mol. The topological polar surface area (TPSA) is 64.0 Å². The zero-order chi connectivity index (χ0) is 14.0. The molecule has 0 saturated heterocycles. The first kappa shape index (κ1) is 13.8. The summed E-state index contributed by atoms with van der Waals surface area (Å²) in [6.45, 7) is 0. The second-order valence-electron chi connectivity index (χ2n) is 4.01. The van der Waals surface area contributed by atoms with Crippen LogP contribution in [-0.2, 0) is 22.8 Å². The molecular weight excluding hydrogens is 293 g/mol. The zero-order valence-corrected chi connectivity index (χ0v) is 11.5. The molecule has 0 amide bonds. The second kappa shape index (κ2) is 5.18. The highest BCUT2D eigenvalue weighted by molar-refractivity contribution is 7.91. The number of aromatic nitrogens is 2. The van der Waals surface area contributed by atoms with Gasteiger partial charge in [-0.3, -0.25) is 9.40 Å². The van der Waals surface area contributed by atoms with E-state index in [2.05, 4.69) is 9.82 Å². The molecule has 0 aliphatic rings. The molecule has 1 heterocycles. The van der Waals surface area contributed by atoms with Crippen LogP contribution in [0.25, 0.3) is 0 Å². The van der Waals surface area contributed by atoms with Gasteiger partial charge in [0, 0.05) is 13.2 Å². The fourth-order valence-corrected chi connectivity index (χ4v) is 2.90. The van der Waals surface area contributed by atoms with Crippen LogP contribution in [0.15, 0.2) is 30.6 Å². The molecule has 0 aliphatic heterocycles. The Balaban J connectivity index is 2.14. The van der Waals surface area contributed by atoms with Crippen LogP contribution < -0.4 is 4.72 Å². The summed E-state index contributed by atoms with van der Waals surface area (Å²) in [6, 6.07) is 3.81. The monoisotopic (exact) mass is 303 g/mol. The molecule has 0 saturated carbocycles. The van der Waals surface area contributed by atoms with Crippen molar-refractivity contribution < 1.29 is 12.8 Å². The van der Waals surface area contributed by atoms with Gasteiger partial charge in [0.1, 0.15) is 5.82 Å². The molecule has 2 rings (SSSR count). The van der Waals surface area contributed by atoms with Gasteiger partial charge in [-0.2, -0.15) is 5.10 Å². The van der Waals surface area contributed by atoms with Gasteiger partial charge < -0.3 is 0 Å². The molecule has 0 fully saturated rings. The van der Waals surface area contributed by atoms with Crippen molar-refractivity contribution in [3.05, 3.63) is 47.0 Å². The third-order valence-electron chi connectivity index (χ3n) is 2.32. The Bertz CT molecular complexity index is 700. The number of halogens is 2. The first-order valence-electron chi connectivity index (χ1n) is 5.29. The van der Waals surface area contributed by atoms with E-state index in [-0.39, 0.29) is 10.8 Å². The summed E-state index contributed by atoms with van der Waals surface area (Å²) < 4.78 is 40.6. The lowest BCUT2D eigenvalue weighted by molar-refractivity contribution is 0.600. The lowest BCUT2D eigenvalue weighted by Gasteiger charge is -2.06. The van der Waals surface area contributed by atoms with Gasteiger partial charge in [-0.05, 0) is 17.7 Å². The first-order valence-corrected chi connectivity index (χ1v) is 7.32. The SMILES string of the molecule is Cn1cc(NS(=O)(=O)Cc2ccc(F)c(Cl)c2)cn1. The fourth-order valence-electron chi connectivity index (χ4n) is 1.54. The van der Waals surface area contributed by atoms with Crippen molar-refractivity contribution in [1.29, 1.82) is 0 Å². The van der Waals surface area contributed by atoms with E-state index in [9.17, 15) is 12.8 Å². The molecule has 0 atom stereocenters. The summed E-state index contributed by atoms with van der Waals surface area (Å²) in [4.78, 5) is 0. The van der Waals surface area contributed by atoms with E-state index in [0.29, 0.717) is 11.3 Å². The van der Waals surface area contributed by atoms with Crippen molar-refractivity contribution in [3.8, 4) is 0 Å². The third kappa shape index (κ3) is 3.68. The Morgan fingerprint density at radius 3 is 2.79 bits per heavy atom. The van der Waals surface area contributed by atoms with Crippen LogP contribution in [0.1, 0.15) is 5.56 Å². The summed E-state index contributed by atoms with van der Waals surface area (Å²) in [5.74, 6) is -0.870. The molecule has 0 bridgehead atoms. The zero-order valence-electron chi connectivity index (χ0n) is 9.97. The van der Waals surface area contributed by atoms with Gasteiger partial charge in [-0.25, -0.2) is 12.8 Å². The highest BCUT2D eigenvalue weighted by Crippen LogP contribution is 2.18. The van der Waals surface area contributed by atoms with E-state index in [1.807, 2.05) is 0 Å². The number of nitrogens with zero attached hydrogens (tertiary/aromatic N) is 2. The Morgan fingerprint density at radius 1 is 1.47 bits per heavy atom. The number of hydrogen-bond acceptors (Lipinski definition) is 3. The number of sulfonamides is 1. The maximum atomic E-state index is 13.0. The Hall–Kier alpha value is -1.60. The van der Waals surface area contributed by atoms with Crippen LogP contribution in [0, 0.1) is 5.82 Å². The molecule has 0 radical (unpaired) electrons. The first-order chi connectivity index (χ1) is 8.85. The maximum Gasteiger partial charge on any atom is 0.237 e. The Morgan fingerprint density at radius 2 is 2.21 bits per heavy atom. The molecule has 5 nitrogen and oxygen atoms in total. The number of nitrogens with one attached hydrogen (secondary N) is 1. The van der Waals surface area contributed by atoms with Gasteiger partial charge in [0.15, 0.2) is 0 Å². The third-order valence-corrected chi connectivity index (χ3v) is 3.87. The van der Waals surface area contributed by atoms with Gasteiger partial charge in [-0.1, -0.05) is 17.7 Å². The van der Waals surface area contributed by atoms with Crippen molar-refractivity contribution in [3.63, 3.8) is 0 Å². The Kier molecular flexibility index (Phi) is 3.77. The van der Waals surface area contributed by atoms with E-state index >= 15 is 0 Å². The minimum absolute atomic E-state index is 0.103. The predicted molar refractivity (Wildman–Crippen MR) is 70.9 cm³/mol. The molecule has 1 aromatic heterocycles. The van der Waals surface area contributed by atoms with E-state index in [0.717, 1.165) is 6.07 Å². The highest BCUT2D eigenvalue weighted by Gasteiger charge is 2.13. The highest BCUT2D eigenvalue weighted by atomic mass is 35.5. The van der Waals surface area contributed by atoms with E-state index in [1.54, 1.807) is 7.05 Å². The Labute approximate surface area is 115 Å². The quantitative estimate of drug-likeness (QED) is 0.941. The number of rotatable bonds is 4. The van der Waals surface area contributed by atoms with Gasteiger partial charge in [0.05, 0.1) is 22.7 Å². The molecule has 19 heavy (non-hydrogen) atoms. The van der Waals surface area contributed by atoms with Gasteiger partial charge in [-0.15, -0.1) is 0 Å². The standard InChI is InChI=1S/C11H11ClFN3O2S/c1-16-6-9(5-14-16)15-19(17,18)7-8-2-3-11(13)10(12)4-8/h2-6,15H,7H2,1H3. The number of anilines is 1. The minimum Gasteiger partial charge on any atom is -0.280 e. The largest absolute Gasteiger partial charge is 0.280 e. The summed E-state index contributed by atoms with van der Waals surface area (Å²) >= 11 is 5.60. The van der Waals surface area contributed by atoms with Crippen LogP contribution in [0.2, 0.25) is 5.02 Å². The molecule has 0 unspecified atom stereocenters. The van der Waals surface area contributed by atoms with E-state index in [4.69, 9.17) is 11.6 Å². The summed E-state index contributed by atoms with van der Waals surface area (Å²) in [7, 11) is -1.91. The molecule has 8 heteroatoms. The number of aryl methyl sites for hydroxylation is 1. The van der Waals surface area contributed by atoms with Crippen LogP contribution in [-0.4, -0.2) is 18.2 Å². The average Bonchev–Trinajstić information content (AvgIpc) is 2.68. The molecule has 1 N–H and O–H groups in total. The van der Waals surface area contributed by atoms with Gasteiger partial charge in [0.2, 0.25) is 10.0 Å². The number of benzene rings is 1. The van der Waals surface area contributed by atoms with E-state index < -0.39 is 15.8 Å². The minimum atomic E-state index is -3.59. The summed E-state index contributed by atoms with van der Waals surface area (Å²) in [5.41, 5.74) is 0.776. The van der Waals surface area contributed by atoms with Crippen LogP contribution in [0.3, 0.4) is 0 Å². The van der Waals surface area contributed by atoms with Crippen molar-refractivity contribution in [2.75, 3.05) is 4.72 Å². The number of hydrogen-bond donors (Lipinski definition) is 1. The molecule has 0 spiro atoms. The van der Waals surface area contributed by atoms with Crippen LogP contribution >= 0.6 is 11.6 Å². The van der Waals surface area contributed by atoms with Gasteiger partial charge in [0.25, 0.3) is 0 Å². The smallest absolute Gasteiger partial charge is 0.237 e. The van der Waals surface area contributed by atoms with E-state index in [1.165, 1.54) is 29.2 Å². The molecule has 102 valence electrons. The van der Waals surface area contributed by atoms with Crippen molar-refractivity contribution >= 4 is 27.3 Å². The normalized spacial score (nSPS) is 11.5. The van der Waals surface area contributed by atoms with Gasteiger partial charge >= 0.3 is 0 Å². The molecule has 2 aromatic rings. The molecule has 1 aromatic carbocycles. The molecular formula is C11H11ClFN3O2S. The van der Waals surface area contributed by atoms with Crippen molar-refractivity contribution in [1.82, 2.24) is 9.78 Å².